The second kappa shape index (κ2) is 8.71. The Labute approximate surface area is 179 Å². The highest BCUT2D eigenvalue weighted by molar-refractivity contribution is 7.99. The Balaban J connectivity index is 1.61. The molecule has 1 aromatic heterocycles. The van der Waals surface area contributed by atoms with Gasteiger partial charge in [0.15, 0.2) is 16.7 Å². The highest BCUT2D eigenvalue weighted by atomic mass is 32.2. The van der Waals surface area contributed by atoms with Crippen LogP contribution in [-0.4, -0.2) is 42.5 Å². The molecule has 1 aliphatic rings. The summed E-state index contributed by atoms with van der Waals surface area (Å²) in [6, 6.07) is 13.3. The SMILES string of the molecule is COc1cc(C(=O)NCc2c(-c3ccccc3)nc3n2CCS3)cc(OC)c1OC. The zero-order valence-electron chi connectivity index (χ0n) is 17.1. The first-order valence-electron chi connectivity index (χ1n) is 9.52. The third-order valence-electron chi connectivity index (χ3n) is 4.97. The van der Waals surface area contributed by atoms with E-state index in [2.05, 4.69) is 9.88 Å². The van der Waals surface area contributed by atoms with Crippen LogP contribution in [0.2, 0.25) is 0 Å². The molecule has 0 saturated carbocycles. The summed E-state index contributed by atoms with van der Waals surface area (Å²) in [7, 11) is 4.58. The van der Waals surface area contributed by atoms with E-state index in [1.807, 2.05) is 30.3 Å². The zero-order valence-corrected chi connectivity index (χ0v) is 17.9. The first-order valence-corrected chi connectivity index (χ1v) is 10.5. The van der Waals surface area contributed by atoms with Crippen LogP contribution in [0.5, 0.6) is 17.2 Å². The number of fused-ring (bicyclic) bond motifs is 1. The van der Waals surface area contributed by atoms with E-state index in [4.69, 9.17) is 19.2 Å². The van der Waals surface area contributed by atoms with Gasteiger partial charge in [-0.1, -0.05) is 42.1 Å². The van der Waals surface area contributed by atoms with Gasteiger partial charge >= 0.3 is 0 Å². The number of benzene rings is 2. The van der Waals surface area contributed by atoms with Gasteiger partial charge < -0.3 is 24.1 Å². The molecule has 1 amide bonds. The Bertz CT molecular complexity index is 1040. The van der Waals surface area contributed by atoms with Crippen molar-refractivity contribution in [3.05, 3.63) is 53.7 Å². The van der Waals surface area contributed by atoms with Gasteiger partial charge in [0.05, 0.1) is 39.3 Å². The molecule has 0 unspecified atom stereocenters. The molecule has 8 heteroatoms. The highest BCUT2D eigenvalue weighted by Crippen LogP contribution is 2.38. The van der Waals surface area contributed by atoms with Gasteiger partial charge in [0.1, 0.15) is 0 Å². The largest absolute Gasteiger partial charge is 0.493 e. The van der Waals surface area contributed by atoms with Gasteiger partial charge in [-0.2, -0.15) is 0 Å². The highest BCUT2D eigenvalue weighted by Gasteiger charge is 2.23. The number of hydrogen-bond donors (Lipinski definition) is 1. The van der Waals surface area contributed by atoms with Crippen molar-refractivity contribution in [2.45, 2.75) is 18.2 Å². The quantitative estimate of drug-likeness (QED) is 0.623. The van der Waals surface area contributed by atoms with Crippen LogP contribution in [0.3, 0.4) is 0 Å². The lowest BCUT2D eigenvalue weighted by Gasteiger charge is -2.14. The Kier molecular flexibility index (Phi) is 5.85. The van der Waals surface area contributed by atoms with Gasteiger partial charge in [-0.05, 0) is 12.1 Å². The molecule has 0 aliphatic carbocycles. The number of carbonyl (C=O) groups excluding carboxylic acids is 1. The molecule has 3 aromatic rings. The van der Waals surface area contributed by atoms with Crippen LogP contribution >= 0.6 is 11.8 Å². The van der Waals surface area contributed by atoms with Crippen molar-refractivity contribution in [2.75, 3.05) is 27.1 Å². The van der Waals surface area contributed by atoms with Crippen LogP contribution in [0.1, 0.15) is 16.1 Å². The zero-order chi connectivity index (χ0) is 21.1. The van der Waals surface area contributed by atoms with Crippen molar-refractivity contribution in [1.82, 2.24) is 14.9 Å². The molecule has 156 valence electrons. The van der Waals surface area contributed by atoms with E-state index in [-0.39, 0.29) is 5.91 Å². The van der Waals surface area contributed by atoms with Crippen molar-refractivity contribution in [3.8, 4) is 28.5 Å². The lowest BCUT2D eigenvalue weighted by atomic mass is 10.1. The summed E-state index contributed by atoms with van der Waals surface area (Å²) in [5.74, 6) is 2.09. The van der Waals surface area contributed by atoms with Crippen molar-refractivity contribution >= 4 is 17.7 Å². The number of carbonyl (C=O) groups is 1. The number of methoxy groups -OCH3 is 3. The van der Waals surface area contributed by atoms with E-state index in [9.17, 15) is 4.79 Å². The van der Waals surface area contributed by atoms with Gasteiger partial charge in [-0.3, -0.25) is 4.79 Å². The normalized spacial score (nSPS) is 12.4. The molecule has 2 heterocycles. The molecule has 2 aromatic carbocycles. The molecule has 7 nitrogen and oxygen atoms in total. The van der Waals surface area contributed by atoms with E-state index in [1.54, 1.807) is 23.9 Å². The topological polar surface area (TPSA) is 74.6 Å². The number of nitrogens with zero attached hydrogens (tertiary/aromatic N) is 2. The second-order valence-electron chi connectivity index (χ2n) is 6.65. The van der Waals surface area contributed by atoms with Crippen molar-refractivity contribution in [2.24, 2.45) is 0 Å². The lowest BCUT2D eigenvalue weighted by molar-refractivity contribution is 0.0949. The summed E-state index contributed by atoms with van der Waals surface area (Å²) < 4.78 is 18.2. The average molecular weight is 426 g/mol. The molecule has 0 spiro atoms. The first-order chi connectivity index (χ1) is 14.7. The van der Waals surface area contributed by atoms with Crippen LogP contribution < -0.4 is 19.5 Å². The summed E-state index contributed by atoms with van der Waals surface area (Å²) in [5, 5.41) is 4.01. The predicted molar refractivity (Wildman–Crippen MR) is 116 cm³/mol. The molecule has 1 N–H and O–H groups in total. The van der Waals surface area contributed by atoms with Crippen molar-refractivity contribution in [1.29, 1.82) is 0 Å². The van der Waals surface area contributed by atoms with Crippen LogP contribution in [0.15, 0.2) is 47.6 Å². The van der Waals surface area contributed by atoms with E-state index < -0.39 is 0 Å². The molecule has 0 radical (unpaired) electrons. The minimum Gasteiger partial charge on any atom is -0.493 e. The molecule has 30 heavy (non-hydrogen) atoms. The summed E-state index contributed by atoms with van der Waals surface area (Å²) in [5.41, 5.74) is 3.38. The molecule has 0 fully saturated rings. The first kappa shape index (κ1) is 20.2. The van der Waals surface area contributed by atoms with E-state index >= 15 is 0 Å². The molecule has 0 saturated heterocycles. The summed E-state index contributed by atoms with van der Waals surface area (Å²) in [6.45, 7) is 1.25. The van der Waals surface area contributed by atoms with Crippen molar-refractivity contribution < 1.29 is 19.0 Å². The van der Waals surface area contributed by atoms with Gasteiger partial charge in [-0.25, -0.2) is 4.98 Å². The minimum absolute atomic E-state index is 0.227. The number of aromatic nitrogens is 2. The number of rotatable bonds is 7. The number of ether oxygens (including phenoxy) is 3. The van der Waals surface area contributed by atoms with Gasteiger partial charge in [-0.15, -0.1) is 0 Å². The van der Waals surface area contributed by atoms with Crippen molar-refractivity contribution in [3.63, 3.8) is 0 Å². The molecule has 4 rings (SSSR count). The third kappa shape index (κ3) is 3.70. The smallest absolute Gasteiger partial charge is 0.251 e. The Morgan fingerprint density at radius 2 is 1.80 bits per heavy atom. The predicted octanol–water partition coefficient (Wildman–Crippen LogP) is 3.61. The average Bonchev–Trinajstić information content (AvgIpc) is 3.38. The van der Waals surface area contributed by atoms with E-state index in [0.29, 0.717) is 29.4 Å². The number of nitrogens with one attached hydrogen (secondary N) is 1. The fourth-order valence-electron chi connectivity index (χ4n) is 3.52. The van der Waals surface area contributed by atoms with E-state index in [0.717, 1.165) is 34.4 Å². The number of hydrogen-bond acceptors (Lipinski definition) is 6. The van der Waals surface area contributed by atoms with Gasteiger partial charge in [0.25, 0.3) is 5.91 Å². The summed E-state index contributed by atoms with van der Waals surface area (Å²) >= 11 is 1.73. The molecular formula is C22H23N3O4S. The Morgan fingerprint density at radius 1 is 1.10 bits per heavy atom. The Morgan fingerprint density at radius 3 is 2.43 bits per heavy atom. The fourth-order valence-corrected chi connectivity index (χ4v) is 4.49. The lowest BCUT2D eigenvalue weighted by Crippen LogP contribution is -2.24. The van der Waals surface area contributed by atoms with Gasteiger partial charge in [0, 0.05) is 23.4 Å². The minimum atomic E-state index is -0.227. The second-order valence-corrected chi connectivity index (χ2v) is 7.71. The van der Waals surface area contributed by atoms with E-state index in [1.165, 1.54) is 21.3 Å². The summed E-state index contributed by atoms with van der Waals surface area (Å²) in [4.78, 5) is 17.7. The maximum absolute atomic E-state index is 12.9. The molecule has 0 atom stereocenters. The van der Waals surface area contributed by atoms with Crippen LogP contribution in [0, 0.1) is 0 Å². The maximum atomic E-state index is 12.9. The van der Waals surface area contributed by atoms with Crippen LogP contribution in [-0.2, 0) is 13.1 Å². The maximum Gasteiger partial charge on any atom is 0.251 e. The third-order valence-corrected chi connectivity index (χ3v) is 5.93. The van der Waals surface area contributed by atoms with Crippen LogP contribution in [0.25, 0.3) is 11.3 Å². The Hall–Kier alpha value is -3.13. The molecule has 1 aliphatic heterocycles. The number of thioether (sulfide) groups is 1. The van der Waals surface area contributed by atoms with Crippen LogP contribution in [0.4, 0.5) is 0 Å². The molecular weight excluding hydrogens is 402 g/mol. The fraction of sp³-hybridized carbons (Fsp3) is 0.273. The monoisotopic (exact) mass is 425 g/mol. The number of imidazole rings is 1. The molecule has 0 bridgehead atoms. The number of amides is 1. The standard InChI is InChI=1S/C22H23N3O4S/c1-27-17-11-15(12-18(28-2)20(17)29-3)21(26)23-13-16-19(14-7-5-4-6-8-14)24-22-25(16)9-10-30-22/h4-8,11-12H,9-10,13H2,1-3H3,(H,23,26). The summed E-state index contributed by atoms with van der Waals surface area (Å²) in [6.07, 6.45) is 0. The van der Waals surface area contributed by atoms with Gasteiger partial charge in [0.2, 0.25) is 5.75 Å².